The molecule has 0 bridgehead atoms. The summed E-state index contributed by atoms with van der Waals surface area (Å²) in [6.07, 6.45) is 4.74. The Kier molecular flexibility index (Phi) is 6.66. The molecule has 8 nitrogen and oxygen atoms in total. The molecule has 28 heavy (non-hydrogen) atoms. The Morgan fingerprint density at radius 2 is 1.86 bits per heavy atom. The number of fused-ring (bicyclic) bond motifs is 1. The van der Waals surface area contributed by atoms with Gasteiger partial charge in [0.1, 0.15) is 19.3 Å². The van der Waals surface area contributed by atoms with Gasteiger partial charge in [-0.15, -0.1) is 0 Å². The van der Waals surface area contributed by atoms with Crippen molar-refractivity contribution in [2.24, 2.45) is 0 Å². The summed E-state index contributed by atoms with van der Waals surface area (Å²) in [5, 5.41) is 2.87. The number of carbonyl (C=O) groups excluding carboxylic acids is 1. The first kappa shape index (κ1) is 20.7. The topological polar surface area (TPSA) is 88.2 Å². The molecule has 3 rings (SSSR count). The van der Waals surface area contributed by atoms with Crippen LogP contribution in [-0.2, 0) is 14.8 Å². The lowest BCUT2D eigenvalue weighted by atomic mass is 10.1. The van der Waals surface area contributed by atoms with Gasteiger partial charge in [-0.05, 0) is 45.0 Å². The molecule has 1 saturated heterocycles. The highest BCUT2D eigenvalue weighted by atomic mass is 32.2. The number of piperidine rings is 1. The SMILES string of the molecule is C[C@@H](C(=O)NCCN1CCCCC1)N(c1ccc2c(c1)OCCO2)S(C)(=O)=O. The van der Waals surface area contributed by atoms with Crippen molar-refractivity contribution < 1.29 is 22.7 Å². The summed E-state index contributed by atoms with van der Waals surface area (Å²) >= 11 is 0. The van der Waals surface area contributed by atoms with Crippen LogP contribution in [0.4, 0.5) is 5.69 Å². The largest absolute Gasteiger partial charge is 0.486 e. The number of carbonyl (C=O) groups is 1. The molecule has 1 amide bonds. The third kappa shape index (κ3) is 5.08. The molecule has 0 unspecified atom stereocenters. The summed E-state index contributed by atoms with van der Waals surface area (Å²) in [5.74, 6) is 0.731. The van der Waals surface area contributed by atoms with Crippen LogP contribution in [0.25, 0.3) is 0 Å². The number of hydrogen-bond donors (Lipinski definition) is 1. The van der Waals surface area contributed by atoms with Gasteiger partial charge in [0, 0.05) is 19.2 Å². The van der Waals surface area contributed by atoms with E-state index in [9.17, 15) is 13.2 Å². The molecule has 0 saturated carbocycles. The number of ether oxygens (including phenoxy) is 2. The minimum atomic E-state index is -3.67. The van der Waals surface area contributed by atoms with E-state index in [0.717, 1.165) is 30.2 Å². The summed E-state index contributed by atoms with van der Waals surface area (Å²) in [6.45, 7) is 5.84. The molecule has 1 fully saturated rings. The second-order valence-electron chi connectivity index (χ2n) is 7.26. The number of anilines is 1. The van der Waals surface area contributed by atoms with Gasteiger partial charge >= 0.3 is 0 Å². The van der Waals surface area contributed by atoms with Crippen LogP contribution < -0.4 is 19.1 Å². The molecule has 2 aliphatic heterocycles. The van der Waals surface area contributed by atoms with Crippen molar-refractivity contribution in [2.45, 2.75) is 32.2 Å². The molecule has 2 heterocycles. The third-order valence-electron chi connectivity index (χ3n) is 5.04. The molecule has 1 aromatic rings. The predicted octanol–water partition coefficient (Wildman–Crippen LogP) is 1.21. The van der Waals surface area contributed by atoms with Crippen molar-refractivity contribution in [3.8, 4) is 11.5 Å². The maximum atomic E-state index is 12.6. The van der Waals surface area contributed by atoms with Crippen LogP contribution in [0.3, 0.4) is 0 Å². The highest BCUT2D eigenvalue weighted by Crippen LogP contribution is 2.35. The van der Waals surface area contributed by atoms with Gasteiger partial charge in [0.2, 0.25) is 15.9 Å². The Hall–Kier alpha value is -2.00. The van der Waals surface area contributed by atoms with Gasteiger partial charge < -0.3 is 19.7 Å². The van der Waals surface area contributed by atoms with Gasteiger partial charge in [-0.25, -0.2) is 8.42 Å². The Labute approximate surface area is 166 Å². The van der Waals surface area contributed by atoms with Gasteiger partial charge in [0.25, 0.3) is 0 Å². The first-order valence-electron chi connectivity index (χ1n) is 9.75. The Balaban J connectivity index is 1.68. The molecule has 9 heteroatoms. The van der Waals surface area contributed by atoms with E-state index in [-0.39, 0.29) is 5.91 Å². The van der Waals surface area contributed by atoms with Crippen LogP contribution in [0, 0.1) is 0 Å². The van der Waals surface area contributed by atoms with Gasteiger partial charge in [0.15, 0.2) is 11.5 Å². The van der Waals surface area contributed by atoms with E-state index in [2.05, 4.69) is 10.2 Å². The molecule has 1 N–H and O–H groups in total. The number of benzene rings is 1. The number of nitrogens with zero attached hydrogens (tertiary/aromatic N) is 2. The van der Waals surface area contributed by atoms with Crippen molar-refractivity contribution in [3.63, 3.8) is 0 Å². The van der Waals surface area contributed by atoms with E-state index in [1.807, 2.05) is 0 Å². The minimum absolute atomic E-state index is 0.322. The molecule has 0 aliphatic carbocycles. The zero-order valence-electron chi connectivity index (χ0n) is 16.5. The van der Waals surface area contributed by atoms with Gasteiger partial charge in [-0.2, -0.15) is 0 Å². The number of hydrogen-bond acceptors (Lipinski definition) is 6. The summed E-state index contributed by atoms with van der Waals surface area (Å²) in [4.78, 5) is 15.0. The number of nitrogens with one attached hydrogen (secondary N) is 1. The van der Waals surface area contributed by atoms with E-state index in [4.69, 9.17) is 9.47 Å². The molecular weight excluding hydrogens is 382 g/mol. The Morgan fingerprint density at radius 1 is 1.18 bits per heavy atom. The average Bonchev–Trinajstić information content (AvgIpc) is 2.67. The van der Waals surface area contributed by atoms with Crippen molar-refractivity contribution in [1.29, 1.82) is 0 Å². The summed E-state index contributed by atoms with van der Waals surface area (Å²) in [6, 6.07) is 4.03. The van der Waals surface area contributed by atoms with Crippen LogP contribution >= 0.6 is 0 Å². The molecule has 2 aliphatic rings. The second-order valence-corrected chi connectivity index (χ2v) is 9.12. The fourth-order valence-corrected chi connectivity index (χ4v) is 4.81. The third-order valence-corrected chi connectivity index (χ3v) is 6.29. The van der Waals surface area contributed by atoms with Crippen LogP contribution in [0.5, 0.6) is 11.5 Å². The zero-order valence-corrected chi connectivity index (χ0v) is 17.3. The maximum Gasteiger partial charge on any atom is 0.243 e. The number of sulfonamides is 1. The molecule has 0 spiro atoms. The molecule has 156 valence electrons. The van der Waals surface area contributed by atoms with Crippen molar-refractivity contribution in [2.75, 3.05) is 50.0 Å². The lowest BCUT2D eigenvalue weighted by Crippen LogP contribution is -2.49. The minimum Gasteiger partial charge on any atom is -0.486 e. The first-order chi connectivity index (χ1) is 13.4. The van der Waals surface area contributed by atoms with Crippen LogP contribution in [-0.4, -0.2) is 70.9 Å². The van der Waals surface area contributed by atoms with Crippen molar-refractivity contribution >= 4 is 21.6 Å². The van der Waals surface area contributed by atoms with E-state index in [1.165, 1.54) is 19.3 Å². The maximum absolute atomic E-state index is 12.6. The molecular formula is C19H29N3O5S. The van der Waals surface area contributed by atoms with Crippen molar-refractivity contribution in [1.82, 2.24) is 10.2 Å². The second kappa shape index (κ2) is 9.00. The van der Waals surface area contributed by atoms with Crippen LogP contribution in [0.1, 0.15) is 26.2 Å². The van der Waals surface area contributed by atoms with Crippen molar-refractivity contribution in [3.05, 3.63) is 18.2 Å². The standard InChI is InChI=1S/C19H29N3O5S/c1-15(19(23)20-8-11-21-9-4-3-5-10-21)22(28(2,24)25)16-6-7-17-18(14-16)27-13-12-26-17/h6-7,14-15H,3-5,8-13H2,1-2H3,(H,20,23)/t15-/m0/s1. The van der Waals surface area contributed by atoms with E-state index in [1.54, 1.807) is 25.1 Å². The highest BCUT2D eigenvalue weighted by molar-refractivity contribution is 7.92. The average molecular weight is 412 g/mol. The smallest absolute Gasteiger partial charge is 0.243 e. The molecule has 0 aromatic heterocycles. The normalized spacial score (nSPS) is 18.4. The van der Waals surface area contributed by atoms with Gasteiger partial charge in [-0.3, -0.25) is 9.10 Å². The van der Waals surface area contributed by atoms with Gasteiger partial charge in [0.05, 0.1) is 11.9 Å². The highest BCUT2D eigenvalue weighted by Gasteiger charge is 2.30. The molecule has 1 atom stereocenters. The number of likely N-dealkylation sites (tertiary alicyclic amines) is 1. The van der Waals surface area contributed by atoms with Gasteiger partial charge in [-0.1, -0.05) is 6.42 Å². The molecule has 0 radical (unpaired) electrons. The summed E-state index contributed by atoms with van der Waals surface area (Å²) in [7, 11) is -3.67. The lowest BCUT2D eigenvalue weighted by molar-refractivity contribution is -0.121. The number of rotatable bonds is 7. The van der Waals surface area contributed by atoms with E-state index in [0.29, 0.717) is 36.9 Å². The zero-order chi connectivity index (χ0) is 20.1. The van der Waals surface area contributed by atoms with Crippen LogP contribution in [0.2, 0.25) is 0 Å². The van der Waals surface area contributed by atoms with E-state index < -0.39 is 16.1 Å². The van der Waals surface area contributed by atoms with E-state index >= 15 is 0 Å². The Bertz CT molecular complexity index is 793. The fourth-order valence-electron chi connectivity index (χ4n) is 3.65. The fraction of sp³-hybridized carbons (Fsp3) is 0.632. The first-order valence-corrected chi connectivity index (χ1v) is 11.6. The quantitative estimate of drug-likeness (QED) is 0.726. The summed E-state index contributed by atoms with van der Waals surface area (Å²) in [5.41, 5.74) is 0.380. The summed E-state index contributed by atoms with van der Waals surface area (Å²) < 4.78 is 37.0. The lowest BCUT2D eigenvalue weighted by Gasteiger charge is -2.30. The molecule has 1 aromatic carbocycles. The monoisotopic (exact) mass is 411 g/mol. The number of amides is 1. The Morgan fingerprint density at radius 3 is 2.54 bits per heavy atom. The predicted molar refractivity (Wildman–Crippen MR) is 108 cm³/mol. The van der Waals surface area contributed by atoms with Crippen LogP contribution in [0.15, 0.2) is 18.2 Å².